The lowest BCUT2D eigenvalue weighted by atomic mass is 10.1. The second kappa shape index (κ2) is 11.7. The number of nitrogens with zero attached hydrogens (tertiary/aromatic N) is 6. The monoisotopic (exact) mass is 493 g/mol. The van der Waals surface area contributed by atoms with Crippen molar-refractivity contribution >= 4 is 10.9 Å². The summed E-state index contributed by atoms with van der Waals surface area (Å²) in [5, 5.41) is 13.2. The van der Waals surface area contributed by atoms with Crippen LogP contribution in [0.5, 0.6) is 11.5 Å². The van der Waals surface area contributed by atoms with Crippen molar-refractivity contribution in [2.45, 2.75) is 39.0 Å². The first-order chi connectivity index (χ1) is 17.6. The van der Waals surface area contributed by atoms with Crippen LogP contribution in [0.2, 0.25) is 0 Å². The largest absolute Gasteiger partial charge is 0.493 e. The first kappa shape index (κ1) is 25.3. The minimum atomic E-state index is -0.167. The SMILES string of the molecule is CC[C@@H](c1nnnn1CCOC)N(Cc1cccnc1)Cc1cc2cc(OC)c(OC)cc2[nH]c1=O. The van der Waals surface area contributed by atoms with E-state index in [0.717, 1.165) is 23.2 Å². The minimum Gasteiger partial charge on any atom is -0.493 e. The van der Waals surface area contributed by atoms with Crippen LogP contribution in [-0.4, -0.2) is 63.0 Å². The fourth-order valence-electron chi connectivity index (χ4n) is 4.31. The molecule has 0 spiro atoms. The van der Waals surface area contributed by atoms with Crippen LogP contribution >= 0.6 is 0 Å². The molecular formula is C25H31N7O4. The quantitative estimate of drug-likeness (QED) is 0.318. The highest BCUT2D eigenvalue weighted by molar-refractivity contribution is 5.83. The van der Waals surface area contributed by atoms with Crippen LogP contribution in [0, 0.1) is 0 Å². The first-order valence-electron chi connectivity index (χ1n) is 11.7. The molecule has 0 bridgehead atoms. The summed E-state index contributed by atoms with van der Waals surface area (Å²) < 4.78 is 17.8. The van der Waals surface area contributed by atoms with Crippen molar-refractivity contribution in [3.63, 3.8) is 0 Å². The number of H-pyrrole nitrogens is 1. The van der Waals surface area contributed by atoms with Gasteiger partial charge < -0.3 is 19.2 Å². The molecule has 3 aromatic heterocycles. The fourth-order valence-corrected chi connectivity index (χ4v) is 4.31. The Kier molecular flexibility index (Phi) is 8.24. The molecule has 4 rings (SSSR count). The zero-order valence-corrected chi connectivity index (χ0v) is 21.0. The maximum atomic E-state index is 13.2. The van der Waals surface area contributed by atoms with E-state index in [-0.39, 0.29) is 11.6 Å². The summed E-state index contributed by atoms with van der Waals surface area (Å²) in [5.41, 5.74) is 2.15. The van der Waals surface area contributed by atoms with Crippen molar-refractivity contribution in [2.24, 2.45) is 0 Å². The number of ether oxygens (including phenoxy) is 3. The summed E-state index contributed by atoms with van der Waals surface area (Å²) in [6.07, 6.45) is 4.31. The van der Waals surface area contributed by atoms with E-state index >= 15 is 0 Å². The number of nitrogens with one attached hydrogen (secondary N) is 1. The first-order valence-corrected chi connectivity index (χ1v) is 11.7. The predicted octanol–water partition coefficient (Wildman–Crippen LogP) is 2.73. The Morgan fingerprint density at radius 2 is 1.92 bits per heavy atom. The maximum absolute atomic E-state index is 13.2. The van der Waals surface area contributed by atoms with E-state index in [2.05, 4.69) is 37.3 Å². The number of fused-ring (bicyclic) bond motifs is 1. The molecule has 0 aliphatic rings. The summed E-state index contributed by atoms with van der Waals surface area (Å²) >= 11 is 0. The summed E-state index contributed by atoms with van der Waals surface area (Å²) in [4.78, 5) is 22.6. The number of rotatable bonds is 12. The van der Waals surface area contributed by atoms with Gasteiger partial charge in [0, 0.05) is 49.6 Å². The number of tetrazole rings is 1. The molecule has 1 atom stereocenters. The number of aromatic amines is 1. The highest BCUT2D eigenvalue weighted by Crippen LogP contribution is 2.32. The van der Waals surface area contributed by atoms with Gasteiger partial charge in [-0.15, -0.1) is 5.10 Å². The third-order valence-electron chi connectivity index (χ3n) is 6.10. The third-order valence-corrected chi connectivity index (χ3v) is 6.10. The van der Waals surface area contributed by atoms with Gasteiger partial charge in [-0.1, -0.05) is 13.0 Å². The summed E-state index contributed by atoms with van der Waals surface area (Å²) in [6, 6.07) is 9.31. The second-order valence-electron chi connectivity index (χ2n) is 8.36. The molecule has 3 heterocycles. The highest BCUT2D eigenvalue weighted by atomic mass is 16.5. The molecule has 0 aliphatic carbocycles. The van der Waals surface area contributed by atoms with Crippen molar-refractivity contribution in [3.05, 3.63) is 70.0 Å². The van der Waals surface area contributed by atoms with Crippen molar-refractivity contribution in [2.75, 3.05) is 27.9 Å². The molecule has 0 radical (unpaired) electrons. The zero-order valence-electron chi connectivity index (χ0n) is 21.0. The van der Waals surface area contributed by atoms with Crippen molar-refractivity contribution in [1.29, 1.82) is 0 Å². The smallest absolute Gasteiger partial charge is 0.252 e. The van der Waals surface area contributed by atoms with E-state index in [0.29, 0.717) is 48.8 Å². The second-order valence-corrected chi connectivity index (χ2v) is 8.36. The molecule has 190 valence electrons. The lowest BCUT2D eigenvalue weighted by Gasteiger charge is -2.30. The van der Waals surface area contributed by atoms with Gasteiger partial charge in [-0.05, 0) is 40.6 Å². The normalized spacial score (nSPS) is 12.2. The standard InChI is InChI=1S/C25H31N7O4/c1-5-21(24-28-29-30-32(24)9-10-34-2)31(15-17-7-6-8-26-14-17)16-19-11-18-12-22(35-3)23(36-4)13-20(18)27-25(19)33/h6-8,11-14,21H,5,9-10,15-16H2,1-4H3,(H,27,33)/t21-/m0/s1. The lowest BCUT2D eigenvalue weighted by molar-refractivity contribution is 0.150. The van der Waals surface area contributed by atoms with E-state index in [1.807, 2.05) is 30.5 Å². The van der Waals surface area contributed by atoms with E-state index in [9.17, 15) is 4.79 Å². The van der Waals surface area contributed by atoms with Crippen LogP contribution in [0.3, 0.4) is 0 Å². The van der Waals surface area contributed by atoms with Gasteiger partial charge >= 0.3 is 0 Å². The van der Waals surface area contributed by atoms with Gasteiger partial charge in [0.05, 0.1) is 38.9 Å². The van der Waals surface area contributed by atoms with Crippen molar-refractivity contribution < 1.29 is 14.2 Å². The van der Waals surface area contributed by atoms with Gasteiger partial charge in [0.1, 0.15) is 0 Å². The van der Waals surface area contributed by atoms with Gasteiger partial charge in [-0.25, -0.2) is 4.68 Å². The van der Waals surface area contributed by atoms with Gasteiger partial charge in [0.2, 0.25) is 0 Å². The van der Waals surface area contributed by atoms with Gasteiger partial charge in [0.15, 0.2) is 17.3 Å². The van der Waals surface area contributed by atoms with E-state index in [1.54, 1.807) is 38.3 Å². The van der Waals surface area contributed by atoms with Gasteiger partial charge in [-0.3, -0.25) is 14.7 Å². The van der Waals surface area contributed by atoms with Crippen LogP contribution in [0.15, 0.2) is 47.5 Å². The summed E-state index contributed by atoms with van der Waals surface area (Å²) in [7, 11) is 4.80. The highest BCUT2D eigenvalue weighted by Gasteiger charge is 2.26. The maximum Gasteiger partial charge on any atom is 0.252 e. The van der Waals surface area contributed by atoms with E-state index in [4.69, 9.17) is 14.2 Å². The molecule has 36 heavy (non-hydrogen) atoms. The van der Waals surface area contributed by atoms with E-state index < -0.39 is 0 Å². The van der Waals surface area contributed by atoms with E-state index in [1.165, 1.54) is 0 Å². The molecule has 11 heteroatoms. The van der Waals surface area contributed by atoms with Crippen molar-refractivity contribution in [3.8, 4) is 11.5 Å². The topological polar surface area (TPSA) is 120 Å². The lowest BCUT2D eigenvalue weighted by Crippen LogP contribution is -2.32. The Bertz CT molecular complexity index is 1340. The Labute approximate surface area is 209 Å². The Balaban J connectivity index is 1.74. The number of hydrogen-bond donors (Lipinski definition) is 1. The minimum absolute atomic E-state index is 0.141. The average molecular weight is 494 g/mol. The Morgan fingerprint density at radius 1 is 1.11 bits per heavy atom. The fraction of sp³-hybridized carbons (Fsp3) is 0.400. The molecule has 1 N–H and O–H groups in total. The predicted molar refractivity (Wildman–Crippen MR) is 134 cm³/mol. The van der Waals surface area contributed by atoms with Crippen LogP contribution in [0.25, 0.3) is 10.9 Å². The summed E-state index contributed by atoms with van der Waals surface area (Å²) in [6.45, 7) is 4.05. The molecular weight excluding hydrogens is 462 g/mol. The molecule has 0 saturated heterocycles. The number of hydrogen-bond acceptors (Lipinski definition) is 9. The molecule has 0 fully saturated rings. The molecule has 0 amide bonds. The van der Waals surface area contributed by atoms with Crippen LogP contribution in [0.1, 0.15) is 36.3 Å². The third kappa shape index (κ3) is 5.52. The van der Waals surface area contributed by atoms with Crippen molar-refractivity contribution in [1.82, 2.24) is 35.1 Å². The molecule has 0 aliphatic heterocycles. The van der Waals surface area contributed by atoms with Crippen LogP contribution in [0.4, 0.5) is 0 Å². The molecule has 1 aromatic carbocycles. The number of pyridine rings is 2. The van der Waals surface area contributed by atoms with Crippen LogP contribution in [-0.2, 0) is 24.4 Å². The Morgan fingerprint density at radius 3 is 2.61 bits per heavy atom. The zero-order chi connectivity index (χ0) is 25.5. The van der Waals surface area contributed by atoms with Gasteiger partial charge in [-0.2, -0.15) is 0 Å². The molecule has 11 nitrogen and oxygen atoms in total. The summed E-state index contributed by atoms with van der Waals surface area (Å²) in [5.74, 6) is 1.88. The van der Waals surface area contributed by atoms with Gasteiger partial charge in [0.25, 0.3) is 5.56 Å². The van der Waals surface area contributed by atoms with Crippen LogP contribution < -0.4 is 15.0 Å². The Hall–Kier alpha value is -3.83. The average Bonchev–Trinajstić information content (AvgIpc) is 3.36. The number of methoxy groups -OCH3 is 3. The number of aromatic nitrogens is 6. The molecule has 0 unspecified atom stereocenters. The molecule has 4 aromatic rings. The number of benzene rings is 1. The molecule has 0 saturated carbocycles.